The van der Waals surface area contributed by atoms with Crippen LogP contribution in [-0.4, -0.2) is 68.4 Å². The summed E-state index contributed by atoms with van der Waals surface area (Å²) in [5.41, 5.74) is 2.64. The van der Waals surface area contributed by atoms with Crippen molar-refractivity contribution in [1.29, 1.82) is 0 Å². The highest BCUT2D eigenvalue weighted by Crippen LogP contribution is 2.36. The van der Waals surface area contributed by atoms with E-state index < -0.39 is 12.2 Å². The molecule has 2 aliphatic heterocycles. The van der Waals surface area contributed by atoms with E-state index in [-0.39, 0.29) is 37.5 Å². The van der Waals surface area contributed by atoms with E-state index in [0.29, 0.717) is 13.1 Å². The van der Waals surface area contributed by atoms with Gasteiger partial charge in [0, 0.05) is 25.5 Å². The number of fused-ring (bicyclic) bond motifs is 1. The van der Waals surface area contributed by atoms with Crippen molar-refractivity contribution >= 4 is 17.8 Å². The Morgan fingerprint density at radius 1 is 1.00 bits per heavy atom. The molecule has 194 valence electrons. The Morgan fingerprint density at radius 2 is 1.68 bits per heavy atom. The molecule has 0 spiro atoms. The predicted molar refractivity (Wildman–Crippen MR) is 142 cm³/mol. The fourth-order valence-electron chi connectivity index (χ4n) is 5.04. The zero-order valence-electron chi connectivity index (χ0n) is 21.0. The smallest absolute Gasteiger partial charge is 0.332 e. The predicted octanol–water partition coefficient (Wildman–Crippen LogP) is 2.95. The zero-order valence-corrected chi connectivity index (χ0v) is 21.0. The summed E-state index contributed by atoms with van der Waals surface area (Å²) in [5, 5.41) is 6.23. The van der Waals surface area contributed by atoms with Crippen LogP contribution in [0.15, 0.2) is 97.8 Å². The molecule has 2 fully saturated rings. The molecule has 2 atom stereocenters. The number of nitrogens with one attached hydrogen (secondary N) is 1. The molecule has 3 aromatic rings. The van der Waals surface area contributed by atoms with Crippen molar-refractivity contribution in [2.45, 2.75) is 25.3 Å². The molecular weight excluding hydrogens is 480 g/mol. The number of aromatic nitrogens is 1. The molecule has 2 saturated heterocycles. The maximum atomic E-state index is 13.8. The fourth-order valence-corrected chi connectivity index (χ4v) is 5.04. The van der Waals surface area contributed by atoms with E-state index in [0.717, 1.165) is 16.7 Å². The monoisotopic (exact) mass is 510 g/mol. The van der Waals surface area contributed by atoms with Crippen molar-refractivity contribution < 1.29 is 14.4 Å². The molecule has 4 amide bonds. The number of hydrazine groups is 1. The van der Waals surface area contributed by atoms with Crippen LogP contribution in [-0.2, 0) is 22.7 Å². The average molecular weight is 511 g/mol. The molecular formula is C29H30N6O3. The Bertz CT molecular complexity index is 1290. The van der Waals surface area contributed by atoms with Gasteiger partial charge in [0.2, 0.25) is 5.91 Å². The average Bonchev–Trinajstić information content (AvgIpc) is 3.27. The number of rotatable bonds is 8. The molecule has 2 aliphatic rings. The van der Waals surface area contributed by atoms with Crippen molar-refractivity contribution in [1.82, 2.24) is 30.1 Å². The van der Waals surface area contributed by atoms with Gasteiger partial charge in [-0.05, 0) is 28.8 Å². The first kappa shape index (κ1) is 25.2. The van der Waals surface area contributed by atoms with Crippen molar-refractivity contribution in [3.8, 4) is 0 Å². The number of benzene rings is 2. The molecule has 0 unspecified atom stereocenters. The first-order chi connectivity index (χ1) is 18.6. The van der Waals surface area contributed by atoms with Crippen LogP contribution < -0.4 is 5.32 Å². The molecule has 1 N–H and O–H groups in total. The molecule has 1 aromatic heterocycles. The maximum Gasteiger partial charge on any atom is 0.332 e. The van der Waals surface area contributed by atoms with Gasteiger partial charge in [0.25, 0.3) is 5.91 Å². The lowest BCUT2D eigenvalue weighted by molar-refractivity contribution is -0.158. The summed E-state index contributed by atoms with van der Waals surface area (Å²) < 4.78 is 0. The van der Waals surface area contributed by atoms with Crippen LogP contribution in [0.3, 0.4) is 0 Å². The minimum atomic E-state index is -0.785. The Balaban J connectivity index is 1.44. The van der Waals surface area contributed by atoms with Crippen molar-refractivity contribution in [2.75, 3.05) is 19.6 Å². The lowest BCUT2D eigenvalue weighted by atomic mass is 10.00. The van der Waals surface area contributed by atoms with Crippen LogP contribution in [0.2, 0.25) is 0 Å². The Hall–Kier alpha value is -4.50. The fraction of sp³-hybridized carbons (Fsp3) is 0.241. The topological polar surface area (TPSA) is 89.1 Å². The summed E-state index contributed by atoms with van der Waals surface area (Å²) in [6.45, 7) is 5.01. The van der Waals surface area contributed by atoms with Gasteiger partial charge >= 0.3 is 6.03 Å². The third-order valence-corrected chi connectivity index (χ3v) is 6.83. The maximum absolute atomic E-state index is 13.8. The van der Waals surface area contributed by atoms with Gasteiger partial charge in [0.1, 0.15) is 12.2 Å². The van der Waals surface area contributed by atoms with Gasteiger partial charge in [-0.3, -0.25) is 19.6 Å². The summed E-state index contributed by atoms with van der Waals surface area (Å²) in [4.78, 5) is 48.1. The second kappa shape index (κ2) is 11.3. The molecule has 9 heteroatoms. The molecule has 0 saturated carbocycles. The van der Waals surface area contributed by atoms with Crippen LogP contribution in [0.5, 0.6) is 0 Å². The number of urea groups is 1. The number of nitrogens with zero attached hydrogens (tertiary/aromatic N) is 5. The first-order valence-corrected chi connectivity index (χ1v) is 12.6. The quantitative estimate of drug-likeness (QED) is 0.471. The van der Waals surface area contributed by atoms with Crippen LogP contribution in [0, 0.1) is 0 Å². The van der Waals surface area contributed by atoms with E-state index in [1.807, 2.05) is 72.8 Å². The van der Waals surface area contributed by atoms with Gasteiger partial charge in [-0.1, -0.05) is 66.7 Å². The summed E-state index contributed by atoms with van der Waals surface area (Å²) in [7, 11) is 0. The Kier molecular flexibility index (Phi) is 7.46. The molecule has 5 rings (SSSR count). The third-order valence-electron chi connectivity index (χ3n) is 6.83. The van der Waals surface area contributed by atoms with Crippen molar-refractivity contribution in [2.24, 2.45) is 0 Å². The number of hydrogen-bond acceptors (Lipinski definition) is 5. The molecule has 0 radical (unpaired) electrons. The summed E-state index contributed by atoms with van der Waals surface area (Å²) in [6, 6.07) is 21.6. The normalized spacial score (nSPS) is 19.3. The second-order valence-corrected chi connectivity index (χ2v) is 9.28. The minimum Gasteiger partial charge on any atom is -0.333 e. The van der Waals surface area contributed by atoms with Gasteiger partial charge < -0.3 is 15.1 Å². The first-order valence-electron chi connectivity index (χ1n) is 12.6. The second-order valence-electron chi connectivity index (χ2n) is 9.28. The van der Waals surface area contributed by atoms with E-state index in [1.165, 1.54) is 5.01 Å². The molecule has 38 heavy (non-hydrogen) atoms. The lowest BCUT2D eigenvalue weighted by Gasteiger charge is -2.46. The van der Waals surface area contributed by atoms with Crippen LogP contribution in [0.4, 0.5) is 4.79 Å². The van der Waals surface area contributed by atoms with E-state index in [9.17, 15) is 14.4 Å². The number of amides is 4. The van der Waals surface area contributed by atoms with Crippen LogP contribution in [0.1, 0.15) is 22.7 Å². The summed E-state index contributed by atoms with van der Waals surface area (Å²) in [6.07, 6.45) is 4.50. The number of piperazine rings is 1. The molecule has 0 aliphatic carbocycles. The Labute approximate surface area is 221 Å². The molecule has 0 bridgehead atoms. The van der Waals surface area contributed by atoms with E-state index in [2.05, 4.69) is 16.9 Å². The van der Waals surface area contributed by atoms with Gasteiger partial charge in [0.05, 0.1) is 19.6 Å². The van der Waals surface area contributed by atoms with Gasteiger partial charge in [-0.15, -0.1) is 6.58 Å². The third kappa shape index (κ3) is 5.14. The summed E-state index contributed by atoms with van der Waals surface area (Å²) in [5.74, 6) is -0.353. The van der Waals surface area contributed by atoms with Crippen LogP contribution >= 0.6 is 0 Å². The Morgan fingerprint density at radius 3 is 2.37 bits per heavy atom. The highest BCUT2D eigenvalue weighted by atomic mass is 16.2. The van der Waals surface area contributed by atoms with Gasteiger partial charge in [-0.25, -0.2) is 4.79 Å². The SMILES string of the molecule is C=CCN(C(=O)NCc1ccccc1)N1CC(=O)N2[C@@H](c3ccccc3)C(=O)N(Cc3ccncc3)C[C@@H]21. The van der Waals surface area contributed by atoms with E-state index >= 15 is 0 Å². The molecule has 9 nitrogen and oxygen atoms in total. The zero-order chi connectivity index (χ0) is 26.5. The highest BCUT2D eigenvalue weighted by Gasteiger charge is 2.52. The van der Waals surface area contributed by atoms with Crippen LogP contribution in [0.25, 0.3) is 0 Å². The lowest BCUT2D eigenvalue weighted by Crippen LogP contribution is -2.62. The van der Waals surface area contributed by atoms with Crippen molar-refractivity contribution in [3.05, 3.63) is 115 Å². The van der Waals surface area contributed by atoms with Crippen molar-refractivity contribution in [3.63, 3.8) is 0 Å². The highest BCUT2D eigenvalue weighted by molar-refractivity contribution is 5.92. The van der Waals surface area contributed by atoms with Gasteiger partial charge in [-0.2, -0.15) is 5.01 Å². The molecule has 2 aromatic carbocycles. The summed E-state index contributed by atoms with van der Waals surface area (Å²) >= 11 is 0. The van der Waals surface area contributed by atoms with E-state index in [4.69, 9.17) is 0 Å². The standard InChI is InChI=1S/C29H30N6O3/c1-2-17-33(29(38)31-18-22-9-5-3-6-10-22)34-21-26(36)35-25(34)20-32(19-23-13-15-30-16-14-23)28(37)27(35)24-11-7-4-8-12-24/h2-16,25,27H,1,17-21H2,(H,31,38)/t25-,27+/m1/s1. The minimum absolute atomic E-state index is 0.0169. The number of hydrogen-bond donors (Lipinski definition) is 1. The number of carbonyl (C=O) groups is 3. The van der Waals surface area contributed by atoms with Gasteiger partial charge in [0.15, 0.2) is 0 Å². The molecule has 3 heterocycles. The number of carbonyl (C=O) groups excluding carboxylic acids is 3. The number of pyridine rings is 1. The van der Waals surface area contributed by atoms with E-state index in [1.54, 1.807) is 33.3 Å². The largest absolute Gasteiger partial charge is 0.333 e.